The second-order valence-electron chi connectivity index (χ2n) is 6.43. The third kappa shape index (κ3) is 5.26. The van der Waals surface area contributed by atoms with Crippen molar-refractivity contribution in [2.75, 3.05) is 0 Å². The molecule has 0 saturated carbocycles. The summed E-state index contributed by atoms with van der Waals surface area (Å²) in [5.74, 6) is -41.4. The average Bonchev–Trinajstić information content (AvgIpc) is 2.55. The van der Waals surface area contributed by atoms with Gasteiger partial charge in [0.25, 0.3) is 0 Å². The number of hydrogen-bond donors (Lipinski definition) is 1. The molecule has 19 heteroatoms. The maximum absolute atomic E-state index is 13.2. The second kappa shape index (κ2) is 8.48. The Balaban J connectivity index is 5.32. The summed E-state index contributed by atoms with van der Waals surface area (Å²) in [5.41, 5.74) is 0. The number of aliphatic hydroxyl groups is 1. The van der Waals surface area contributed by atoms with E-state index < -0.39 is 79.7 Å². The molecule has 0 fully saturated rings. The first-order valence-corrected chi connectivity index (χ1v) is 7.68. The topological polar surface area (TPSA) is 20.2 Å². The van der Waals surface area contributed by atoms with Crippen LogP contribution >= 0.6 is 0 Å². The molecule has 1 N–H and O–H groups in total. The molecule has 0 heterocycles. The van der Waals surface area contributed by atoms with E-state index in [0.29, 0.717) is 0 Å². The highest BCUT2D eigenvalue weighted by Crippen LogP contribution is 2.56. The molecule has 0 aliphatic heterocycles. The Hall–Kier alpha value is -1.30. The van der Waals surface area contributed by atoms with Gasteiger partial charge < -0.3 is 5.11 Å². The van der Waals surface area contributed by atoms with Crippen LogP contribution in [0.2, 0.25) is 0 Å². The Morgan fingerprint density at radius 3 is 0.812 bits per heavy atom. The van der Waals surface area contributed by atoms with Gasteiger partial charge in [-0.2, -0.15) is 79.0 Å². The summed E-state index contributed by atoms with van der Waals surface area (Å²) >= 11 is 0. The summed E-state index contributed by atoms with van der Waals surface area (Å²) in [4.78, 5) is 0. The molecule has 0 aliphatic rings. The van der Waals surface area contributed by atoms with Crippen LogP contribution in [-0.4, -0.2) is 59.1 Å². The summed E-state index contributed by atoms with van der Waals surface area (Å²) in [5, 5.41) is 9.06. The molecule has 1 nitrogen and oxygen atoms in total. The van der Waals surface area contributed by atoms with Crippen molar-refractivity contribution < 1.29 is 84.1 Å². The van der Waals surface area contributed by atoms with Crippen LogP contribution in [0.3, 0.4) is 0 Å². The monoisotopic (exact) mass is 524 g/mol. The van der Waals surface area contributed by atoms with Gasteiger partial charge in [-0.3, -0.25) is 0 Å². The van der Waals surface area contributed by atoms with Crippen LogP contribution in [0.25, 0.3) is 0 Å². The van der Waals surface area contributed by atoms with Gasteiger partial charge in [-0.1, -0.05) is 0 Å². The van der Waals surface area contributed by atoms with Crippen molar-refractivity contribution in [3.05, 3.63) is 0 Å². The van der Waals surface area contributed by atoms with Crippen molar-refractivity contribution in [3.63, 3.8) is 0 Å². The van der Waals surface area contributed by atoms with E-state index in [-0.39, 0.29) is 0 Å². The molecule has 0 rings (SSSR count). The van der Waals surface area contributed by atoms with Crippen molar-refractivity contribution in [1.82, 2.24) is 0 Å². The highest BCUT2D eigenvalue weighted by molar-refractivity contribution is 5.01. The van der Waals surface area contributed by atoms with Gasteiger partial charge in [-0.15, -0.1) is 0 Å². The summed E-state index contributed by atoms with van der Waals surface area (Å²) in [6.45, 7) is 0. The van der Waals surface area contributed by atoms with Gasteiger partial charge in [0.15, 0.2) is 0 Å². The summed E-state index contributed by atoms with van der Waals surface area (Å²) in [6, 6.07) is 0. The van der Waals surface area contributed by atoms with E-state index in [9.17, 15) is 79.0 Å². The molecule has 0 unspecified atom stereocenters. The normalized spacial score (nSPS) is 16.1. The molecule has 0 amide bonds. The van der Waals surface area contributed by atoms with E-state index in [1.165, 1.54) is 0 Å². The van der Waals surface area contributed by atoms with Crippen LogP contribution in [0, 0.1) is 0 Å². The fourth-order valence-electron chi connectivity index (χ4n) is 1.97. The third-order valence-electron chi connectivity index (χ3n) is 4.00. The highest BCUT2D eigenvalue weighted by Gasteiger charge is 2.82. The minimum atomic E-state index is -7.31. The summed E-state index contributed by atoms with van der Waals surface area (Å²) in [7, 11) is 0. The fourth-order valence-corrected chi connectivity index (χ4v) is 1.97. The minimum Gasteiger partial charge on any atom is -0.393 e. The van der Waals surface area contributed by atoms with Gasteiger partial charge in [0.05, 0.1) is 6.10 Å². The first-order chi connectivity index (χ1) is 13.6. The molecule has 0 aromatic rings. The first-order valence-electron chi connectivity index (χ1n) is 7.68. The van der Waals surface area contributed by atoms with Crippen molar-refractivity contribution in [2.24, 2.45) is 0 Å². The van der Waals surface area contributed by atoms with Crippen LogP contribution in [0.1, 0.15) is 25.7 Å². The summed E-state index contributed by atoms with van der Waals surface area (Å²) < 4.78 is 227. The SMILES string of the molecule is OC(CCC(F)(F)C(F)(F)C(F)(F)C(F)(F)F)CCC(F)(F)C(F)(F)C(F)(F)C(F)(F)F. The van der Waals surface area contributed by atoms with E-state index in [1.54, 1.807) is 0 Å². The Labute approximate surface area is 165 Å². The lowest BCUT2D eigenvalue weighted by atomic mass is 9.94. The van der Waals surface area contributed by atoms with E-state index in [2.05, 4.69) is 0 Å². The van der Waals surface area contributed by atoms with Gasteiger partial charge in [-0.25, -0.2) is 0 Å². The van der Waals surface area contributed by atoms with Gasteiger partial charge in [-0.05, 0) is 12.8 Å². The predicted octanol–water partition coefficient (Wildman–Crippen LogP) is 6.84. The molecule has 0 atom stereocenters. The zero-order valence-electron chi connectivity index (χ0n) is 14.7. The molecule has 194 valence electrons. The molecule has 32 heavy (non-hydrogen) atoms. The van der Waals surface area contributed by atoms with Crippen LogP contribution in [-0.2, 0) is 0 Å². The Morgan fingerprint density at radius 1 is 0.406 bits per heavy atom. The molecule has 0 spiro atoms. The zero-order chi connectivity index (χ0) is 26.4. The maximum atomic E-state index is 13.2. The number of rotatable bonds is 10. The van der Waals surface area contributed by atoms with E-state index in [1.807, 2.05) is 0 Å². The maximum Gasteiger partial charge on any atom is 0.460 e. The van der Waals surface area contributed by atoms with Gasteiger partial charge in [0, 0.05) is 12.8 Å². The number of halogens is 18. The highest BCUT2D eigenvalue weighted by atomic mass is 19.4. The zero-order valence-corrected chi connectivity index (χ0v) is 14.7. The largest absolute Gasteiger partial charge is 0.460 e. The molecule has 0 aliphatic carbocycles. The van der Waals surface area contributed by atoms with Crippen LogP contribution in [0.15, 0.2) is 0 Å². The molecule has 0 aromatic carbocycles. The van der Waals surface area contributed by atoms with Crippen molar-refractivity contribution >= 4 is 0 Å². The van der Waals surface area contributed by atoms with Crippen molar-refractivity contribution in [3.8, 4) is 0 Å². The third-order valence-corrected chi connectivity index (χ3v) is 4.00. The average molecular weight is 524 g/mol. The number of hydrogen-bond acceptors (Lipinski definition) is 1. The predicted molar refractivity (Wildman–Crippen MR) is 66.3 cm³/mol. The Morgan fingerprint density at radius 2 is 0.625 bits per heavy atom. The molecule has 0 saturated heterocycles. The molecular weight excluding hydrogens is 514 g/mol. The van der Waals surface area contributed by atoms with E-state index in [4.69, 9.17) is 5.11 Å². The van der Waals surface area contributed by atoms with Crippen LogP contribution in [0.5, 0.6) is 0 Å². The van der Waals surface area contributed by atoms with E-state index >= 15 is 0 Å². The second-order valence-corrected chi connectivity index (χ2v) is 6.43. The van der Waals surface area contributed by atoms with E-state index in [0.717, 1.165) is 0 Å². The first kappa shape index (κ1) is 30.7. The van der Waals surface area contributed by atoms with Gasteiger partial charge in [0.2, 0.25) is 0 Å². The lowest BCUT2D eigenvalue weighted by Crippen LogP contribution is -2.61. The lowest BCUT2D eigenvalue weighted by Gasteiger charge is -2.34. The Bertz CT molecular complexity index is 576. The minimum absolute atomic E-state index is 2.03. The number of aliphatic hydroxyl groups excluding tert-OH is 1. The smallest absolute Gasteiger partial charge is 0.393 e. The quantitative estimate of drug-likeness (QED) is 0.311. The molecule has 0 aromatic heterocycles. The Kier molecular flexibility index (Phi) is 8.14. The lowest BCUT2D eigenvalue weighted by molar-refractivity contribution is -0.397. The fraction of sp³-hybridized carbons (Fsp3) is 1.00. The number of alkyl halides is 18. The molecule has 0 radical (unpaired) electrons. The molecule has 0 bridgehead atoms. The van der Waals surface area contributed by atoms with Crippen molar-refractivity contribution in [2.45, 2.75) is 79.7 Å². The van der Waals surface area contributed by atoms with Crippen LogP contribution < -0.4 is 0 Å². The van der Waals surface area contributed by atoms with Crippen LogP contribution in [0.4, 0.5) is 79.0 Å². The van der Waals surface area contributed by atoms with Crippen molar-refractivity contribution in [1.29, 1.82) is 0 Å². The standard InChI is InChI=1S/C13H10F18O/c14-6(15,8(18,19)10(22,23)12(26,27)28)3-1-5(32)2-4-7(16,17)9(20,21)11(24,25)13(29,30)31/h5,32H,1-4H2. The molecular formula is C13H10F18O. The summed E-state index contributed by atoms with van der Waals surface area (Å²) in [6.07, 6.45) is -26.9. The van der Waals surface area contributed by atoms with Gasteiger partial charge in [0.1, 0.15) is 0 Å². The van der Waals surface area contributed by atoms with Gasteiger partial charge >= 0.3 is 47.9 Å².